The SMILES string of the molecule is CCOC(CC)c1nc2c(c(=O)[nH]1)CCCN2. The third-order valence-corrected chi connectivity index (χ3v) is 2.97. The van der Waals surface area contributed by atoms with E-state index in [4.69, 9.17) is 4.74 Å². The minimum absolute atomic E-state index is 0.0321. The zero-order chi connectivity index (χ0) is 12.3. The summed E-state index contributed by atoms with van der Waals surface area (Å²) < 4.78 is 5.56. The molecule has 0 spiro atoms. The van der Waals surface area contributed by atoms with Crippen LogP contribution >= 0.6 is 0 Å². The highest BCUT2D eigenvalue weighted by Gasteiger charge is 2.19. The van der Waals surface area contributed by atoms with Crippen LogP contribution in [-0.4, -0.2) is 23.1 Å². The van der Waals surface area contributed by atoms with E-state index in [9.17, 15) is 4.79 Å². The van der Waals surface area contributed by atoms with Gasteiger partial charge in [-0.25, -0.2) is 4.98 Å². The van der Waals surface area contributed by atoms with Gasteiger partial charge in [-0.3, -0.25) is 4.79 Å². The largest absolute Gasteiger partial charge is 0.371 e. The lowest BCUT2D eigenvalue weighted by atomic mass is 10.1. The summed E-state index contributed by atoms with van der Waals surface area (Å²) in [7, 11) is 0. The molecule has 0 saturated heterocycles. The van der Waals surface area contributed by atoms with Crippen molar-refractivity contribution < 1.29 is 4.74 Å². The Hall–Kier alpha value is -1.36. The van der Waals surface area contributed by atoms with Crippen molar-refractivity contribution in [2.24, 2.45) is 0 Å². The predicted molar refractivity (Wildman–Crippen MR) is 66.3 cm³/mol. The first kappa shape index (κ1) is 12.1. The topological polar surface area (TPSA) is 67.0 Å². The van der Waals surface area contributed by atoms with Gasteiger partial charge in [0, 0.05) is 13.2 Å². The lowest BCUT2D eigenvalue weighted by molar-refractivity contribution is 0.0533. The zero-order valence-electron chi connectivity index (χ0n) is 10.4. The third-order valence-electron chi connectivity index (χ3n) is 2.97. The molecule has 2 rings (SSSR count). The number of ether oxygens (including phenoxy) is 1. The molecule has 0 saturated carbocycles. The van der Waals surface area contributed by atoms with E-state index < -0.39 is 0 Å². The fraction of sp³-hybridized carbons (Fsp3) is 0.667. The first-order valence-corrected chi connectivity index (χ1v) is 6.24. The Kier molecular flexibility index (Phi) is 3.78. The first-order chi connectivity index (χ1) is 8.26. The Morgan fingerprint density at radius 2 is 2.29 bits per heavy atom. The van der Waals surface area contributed by atoms with Crippen LogP contribution in [0.4, 0.5) is 5.82 Å². The molecular weight excluding hydrogens is 218 g/mol. The van der Waals surface area contributed by atoms with Crippen molar-refractivity contribution in [1.29, 1.82) is 0 Å². The van der Waals surface area contributed by atoms with E-state index in [1.807, 2.05) is 13.8 Å². The number of nitrogens with zero attached hydrogens (tertiary/aromatic N) is 1. The second-order valence-electron chi connectivity index (χ2n) is 4.16. The number of hydrogen-bond donors (Lipinski definition) is 2. The van der Waals surface area contributed by atoms with Crippen LogP contribution in [0.15, 0.2) is 4.79 Å². The molecule has 1 aliphatic rings. The number of H-pyrrole nitrogens is 1. The fourth-order valence-corrected chi connectivity index (χ4v) is 2.11. The summed E-state index contributed by atoms with van der Waals surface area (Å²) in [5.41, 5.74) is 0.738. The Labute approximate surface area is 101 Å². The fourth-order valence-electron chi connectivity index (χ4n) is 2.11. The summed E-state index contributed by atoms with van der Waals surface area (Å²) in [6.45, 7) is 5.46. The number of rotatable bonds is 4. The van der Waals surface area contributed by atoms with Crippen molar-refractivity contribution in [3.05, 3.63) is 21.7 Å². The van der Waals surface area contributed by atoms with Gasteiger partial charge in [-0.05, 0) is 26.2 Å². The molecule has 0 aromatic carbocycles. The molecule has 0 fully saturated rings. The molecule has 1 atom stereocenters. The van der Waals surface area contributed by atoms with E-state index in [2.05, 4.69) is 15.3 Å². The van der Waals surface area contributed by atoms with Crippen LogP contribution in [0.25, 0.3) is 0 Å². The summed E-state index contributed by atoms with van der Waals surface area (Å²) in [5, 5.41) is 3.18. The van der Waals surface area contributed by atoms with Gasteiger partial charge in [-0.2, -0.15) is 0 Å². The summed E-state index contributed by atoms with van der Waals surface area (Å²) in [6.07, 6.45) is 2.47. The van der Waals surface area contributed by atoms with Crippen molar-refractivity contribution >= 4 is 5.82 Å². The van der Waals surface area contributed by atoms with Crippen LogP contribution < -0.4 is 10.9 Å². The standard InChI is InChI=1S/C12H19N3O2/c1-3-9(17-4-2)11-14-10-8(12(16)15-11)6-5-7-13-10/h9H,3-7H2,1-2H3,(H2,13,14,15,16). The van der Waals surface area contributed by atoms with Crippen molar-refractivity contribution in [2.45, 2.75) is 39.2 Å². The van der Waals surface area contributed by atoms with Gasteiger partial charge in [-0.1, -0.05) is 6.92 Å². The van der Waals surface area contributed by atoms with E-state index >= 15 is 0 Å². The molecule has 1 aliphatic heterocycles. The molecule has 5 heteroatoms. The van der Waals surface area contributed by atoms with Crippen LogP contribution in [-0.2, 0) is 11.2 Å². The van der Waals surface area contributed by atoms with E-state index in [-0.39, 0.29) is 11.7 Å². The molecule has 94 valence electrons. The molecule has 2 heterocycles. The molecule has 1 aromatic rings. The minimum atomic E-state index is -0.123. The van der Waals surface area contributed by atoms with Crippen LogP contribution in [0.5, 0.6) is 0 Å². The summed E-state index contributed by atoms with van der Waals surface area (Å²) in [5.74, 6) is 1.36. The lowest BCUT2D eigenvalue weighted by Gasteiger charge is -2.19. The minimum Gasteiger partial charge on any atom is -0.371 e. The zero-order valence-corrected chi connectivity index (χ0v) is 10.4. The molecule has 0 amide bonds. The van der Waals surface area contributed by atoms with Crippen molar-refractivity contribution in [3.63, 3.8) is 0 Å². The van der Waals surface area contributed by atoms with E-state index in [1.54, 1.807) is 0 Å². The van der Waals surface area contributed by atoms with Gasteiger partial charge >= 0.3 is 0 Å². The van der Waals surface area contributed by atoms with Crippen molar-refractivity contribution in [2.75, 3.05) is 18.5 Å². The second-order valence-corrected chi connectivity index (χ2v) is 4.16. The second kappa shape index (κ2) is 5.31. The van der Waals surface area contributed by atoms with E-state index in [0.29, 0.717) is 12.4 Å². The van der Waals surface area contributed by atoms with Crippen molar-refractivity contribution in [3.8, 4) is 0 Å². The number of fused-ring (bicyclic) bond motifs is 1. The van der Waals surface area contributed by atoms with Gasteiger partial charge in [-0.15, -0.1) is 0 Å². The van der Waals surface area contributed by atoms with Crippen LogP contribution in [0.3, 0.4) is 0 Å². The molecule has 0 bridgehead atoms. The lowest BCUT2D eigenvalue weighted by Crippen LogP contribution is -2.26. The van der Waals surface area contributed by atoms with E-state index in [0.717, 1.165) is 37.2 Å². The average molecular weight is 237 g/mol. The Morgan fingerprint density at radius 1 is 1.47 bits per heavy atom. The third kappa shape index (κ3) is 2.49. The number of anilines is 1. The quantitative estimate of drug-likeness (QED) is 0.835. The molecule has 1 aromatic heterocycles. The highest BCUT2D eigenvalue weighted by molar-refractivity contribution is 5.45. The summed E-state index contributed by atoms with van der Waals surface area (Å²) in [4.78, 5) is 19.2. The van der Waals surface area contributed by atoms with Crippen LogP contribution in [0, 0.1) is 0 Å². The highest BCUT2D eigenvalue weighted by Crippen LogP contribution is 2.21. The van der Waals surface area contributed by atoms with Gasteiger partial charge in [0.2, 0.25) is 0 Å². The Balaban J connectivity index is 2.36. The molecule has 2 N–H and O–H groups in total. The number of hydrogen-bond acceptors (Lipinski definition) is 4. The normalized spacial score (nSPS) is 16.1. The summed E-state index contributed by atoms with van der Waals surface area (Å²) in [6, 6.07) is 0. The average Bonchev–Trinajstić information content (AvgIpc) is 2.36. The monoisotopic (exact) mass is 237 g/mol. The predicted octanol–water partition coefficient (Wildman–Crippen LogP) is 1.62. The van der Waals surface area contributed by atoms with Crippen LogP contribution in [0.1, 0.15) is 44.2 Å². The van der Waals surface area contributed by atoms with Gasteiger partial charge < -0.3 is 15.0 Å². The molecule has 1 unspecified atom stereocenters. The smallest absolute Gasteiger partial charge is 0.256 e. The molecule has 17 heavy (non-hydrogen) atoms. The van der Waals surface area contributed by atoms with Gasteiger partial charge in [0.25, 0.3) is 5.56 Å². The van der Waals surface area contributed by atoms with Crippen LogP contribution in [0.2, 0.25) is 0 Å². The van der Waals surface area contributed by atoms with Gasteiger partial charge in [0.1, 0.15) is 17.7 Å². The first-order valence-electron chi connectivity index (χ1n) is 6.24. The summed E-state index contributed by atoms with van der Waals surface area (Å²) >= 11 is 0. The van der Waals surface area contributed by atoms with Gasteiger partial charge in [0.15, 0.2) is 0 Å². The number of nitrogens with one attached hydrogen (secondary N) is 2. The molecule has 0 aliphatic carbocycles. The number of aromatic nitrogens is 2. The molecule has 5 nitrogen and oxygen atoms in total. The van der Waals surface area contributed by atoms with Gasteiger partial charge in [0.05, 0.1) is 5.56 Å². The molecular formula is C12H19N3O2. The molecule has 0 radical (unpaired) electrons. The maximum Gasteiger partial charge on any atom is 0.256 e. The Bertz CT molecular complexity index is 442. The maximum atomic E-state index is 11.9. The Morgan fingerprint density at radius 3 is 3.00 bits per heavy atom. The maximum absolute atomic E-state index is 11.9. The highest BCUT2D eigenvalue weighted by atomic mass is 16.5. The van der Waals surface area contributed by atoms with E-state index in [1.165, 1.54) is 0 Å². The van der Waals surface area contributed by atoms with Crippen molar-refractivity contribution in [1.82, 2.24) is 9.97 Å². The number of aromatic amines is 1.